The number of benzene rings is 2. The lowest BCUT2D eigenvalue weighted by atomic mass is 10.1. The first-order valence-electron chi connectivity index (χ1n) is 7.37. The lowest BCUT2D eigenvalue weighted by molar-refractivity contribution is -0.116. The second-order valence-corrected chi connectivity index (χ2v) is 5.34. The predicted octanol–water partition coefficient (Wildman–Crippen LogP) is 3.17. The van der Waals surface area contributed by atoms with Gasteiger partial charge in [-0.2, -0.15) is 0 Å². The van der Waals surface area contributed by atoms with Crippen LogP contribution >= 0.6 is 0 Å². The molecular weight excluding hydrogens is 276 g/mol. The summed E-state index contributed by atoms with van der Waals surface area (Å²) in [6.07, 6.45) is 0.324. The van der Waals surface area contributed by atoms with Crippen LogP contribution in [0.2, 0.25) is 0 Å². The van der Waals surface area contributed by atoms with E-state index in [4.69, 9.17) is 10.5 Å². The van der Waals surface area contributed by atoms with Crippen molar-refractivity contribution in [2.24, 2.45) is 5.73 Å². The fourth-order valence-electron chi connectivity index (χ4n) is 2.18. The van der Waals surface area contributed by atoms with E-state index < -0.39 is 0 Å². The zero-order chi connectivity index (χ0) is 15.9. The Balaban J connectivity index is 1.98. The molecule has 2 aromatic carbocycles. The second kappa shape index (κ2) is 7.61. The molecule has 0 aliphatic heterocycles. The Morgan fingerprint density at radius 3 is 2.68 bits per heavy atom. The average Bonchev–Trinajstić information content (AvgIpc) is 2.48. The summed E-state index contributed by atoms with van der Waals surface area (Å²) in [6.45, 7) is 4.88. The topological polar surface area (TPSA) is 64.3 Å². The highest BCUT2D eigenvalue weighted by Gasteiger charge is 2.05. The molecule has 0 fully saturated rings. The summed E-state index contributed by atoms with van der Waals surface area (Å²) in [5.74, 6) is 0.717. The normalized spacial score (nSPS) is 10.3. The Kier molecular flexibility index (Phi) is 5.55. The minimum atomic E-state index is -0.0703. The molecular formula is C18H22N2O2. The number of amides is 1. The summed E-state index contributed by atoms with van der Waals surface area (Å²) in [7, 11) is 0. The minimum Gasteiger partial charge on any atom is -0.489 e. The van der Waals surface area contributed by atoms with Gasteiger partial charge in [0.05, 0.1) is 0 Å². The van der Waals surface area contributed by atoms with Crippen LogP contribution in [0.3, 0.4) is 0 Å². The molecule has 0 radical (unpaired) electrons. The van der Waals surface area contributed by atoms with Crippen molar-refractivity contribution in [2.45, 2.75) is 26.9 Å². The highest BCUT2D eigenvalue weighted by molar-refractivity contribution is 5.91. The van der Waals surface area contributed by atoms with Crippen molar-refractivity contribution >= 4 is 11.6 Å². The molecule has 0 heterocycles. The van der Waals surface area contributed by atoms with E-state index in [1.54, 1.807) is 0 Å². The van der Waals surface area contributed by atoms with Gasteiger partial charge in [0.25, 0.3) is 0 Å². The molecule has 0 aromatic heterocycles. The van der Waals surface area contributed by atoms with Crippen molar-refractivity contribution in [1.29, 1.82) is 0 Å². The number of hydrogen-bond donors (Lipinski definition) is 2. The van der Waals surface area contributed by atoms with Gasteiger partial charge < -0.3 is 15.8 Å². The molecule has 0 aliphatic rings. The number of nitrogens with two attached hydrogens (primary N) is 1. The van der Waals surface area contributed by atoms with E-state index in [-0.39, 0.29) is 5.91 Å². The van der Waals surface area contributed by atoms with E-state index in [2.05, 4.69) is 24.4 Å². The molecule has 1 amide bonds. The molecule has 4 heteroatoms. The van der Waals surface area contributed by atoms with E-state index in [0.717, 1.165) is 22.6 Å². The third kappa shape index (κ3) is 4.60. The first kappa shape index (κ1) is 16.0. The van der Waals surface area contributed by atoms with Gasteiger partial charge in [0.15, 0.2) is 0 Å². The van der Waals surface area contributed by atoms with Crippen molar-refractivity contribution < 1.29 is 9.53 Å². The molecule has 0 bridgehead atoms. The number of aryl methyl sites for hydroxylation is 2. The zero-order valence-electron chi connectivity index (χ0n) is 13.1. The highest BCUT2D eigenvalue weighted by Crippen LogP contribution is 2.22. The number of ether oxygens (including phenoxy) is 1. The van der Waals surface area contributed by atoms with Gasteiger partial charge in [-0.25, -0.2) is 0 Å². The lowest BCUT2D eigenvalue weighted by Crippen LogP contribution is -2.16. The van der Waals surface area contributed by atoms with E-state index in [1.807, 2.05) is 37.3 Å². The Hall–Kier alpha value is -2.33. The molecule has 4 nitrogen and oxygen atoms in total. The standard InChI is InChI=1S/C18H22N2O2/c1-13-4-3-5-15(10-13)12-22-16-6-7-17(14(2)11-16)20-18(21)8-9-19/h3-7,10-11H,8-9,12,19H2,1-2H3,(H,20,21). The predicted molar refractivity (Wildman–Crippen MR) is 89.0 cm³/mol. The molecule has 2 rings (SSSR count). The highest BCUT2D eigenvalue weighted by atomic mass is 16.5. The summed E-state index contributed by atoms with van der Waals surface area (Å²) in [5, 5.41) is 2.85. The summed E-state index contributed by atoms with van der Waals surface area (Å²) < 4.78 is 5.80. The number of carbonyl (C=O) groups excluding carboxylic acids is 1. The van der Waals surface area contributed by atoms with Crippen molar-refractivity contribution in [1.82, 2.24) is 0 Å². The fourth-order valence-corrected chi connectivity index (χ4v) is 2.18. The van der Waals surface area contributed by atoms with E-state index in [1.165, 1.54) is 5.56 Å². The molecule has 0 aliphatic carbocycles. The number of hydrogen-bond acceptors (Lipinski definition) is 3. The molecule has 3 N–H and O–H groups in total. The third-order valence-electron chi connectivity index (χ3n) is 3.33. The number of nitrogens with one attached hydrogen (secondary N) is 1. The van der Waals surface area contributed by atoms with Crippen LogP contribution in [-0.4, -0.2) is 12.5 Å². The van der Waals surface area contributed by atoms with Crippen molar-refractivity contribution in [3.05, 3.63) is 59.2 Å². The van der Waals surface area contributed by atoms with Gasteiger partial charge in [0.1, 0.15) is 12.4 Å². The smallest absolute Gasteiger partial charge is 0.225 e. The molecule has 0 saturated heterocycles. The second-order valence-electron chi connectivity index (χ2n) is 5.34. The first-order chi connectivity index (χ1) is 10.6. The van der Waals surface area contributed by atoms with Crippen LogP contribution in [0.1, 0.15) is 23.1 Å². The first-order valence-corrected chi connectivity index (χ1v) is 7.37. The minimum absolute atomic E-state index is 0.0703. The van der Waals surface area contributed by atoms with Gasteiger partial charge in [-0.1, -0.05) is 29.8 Å². The van der Waals surface area contributed by atoms with Crippen LogP contribution in [0.25, 0.3) is 0 Å². The van der Waals surface area contributed by atoms with Gasteiger partial charge in [-0.3, -0.25) is 4.79 Å². The van der Waals surface area contributed by atoms with E-state index in [0.29, 0.717) is 19.6 Å². The van der Waals surface area contributed by atoms with Gasteiger partial charge in [0, 0.05) is 18.7 Å². The maximum Gasteiger partial charge on any atom is 0.225 e. The fraction of sp³-hybridized carbons (Fsp3) is 0.278. The molecule has 0 saturated carbocycles. The van der Waals surface area contributed by atoms with Crippen LogP contribution in [0.15, 0.2) is 42.5 Å². The largest absolute Gasteiger partial charge is 0.489 e. The summed E-state index contributed by atoms with van der Waals surface area (Å²) in [4.78, 5) is 11.6. The SMILES string of the molecule is Cc1cccc(COc2ccc(NC(=O)CCN)c(C)c2)c1. The van der Waals surface area contributed by atoms with Gasteiger partial charge in [0.2, 0.25) is 5.91 Å². The van der Waals surface area contributed by atoms with E-state index in [9.17, 15) is 4.79 Å². The van der Waals surface area contributed by atoms with Crippen LogP contribution in [0.4, 0.5) is 5.69 Å². The van der Waals surface area contributed by atoms with Crippen molar-refractivity contribution in [3.63, 3.8) is 0 Å². The number of rotatable bonds is 6. The maximum atomic E-state index is 11.6. The summed E-state index contributed by atoms with van der Waals surface area (Å²) in [5.41, 5.74) is 9.48. The molecule has 0 spiro atoms. The molecule has 116 valence electrons. The Labute approximate surface area is 131 Å². The Morgan fingerprint density at radius 2 is 2.00 bits per heavy atom. The van der Waals surface area contributed by atoms with Crippen LogP contribution < -0.4 is 15.8 Å². The molecule has 2 aromatic rings. The lowest BCUT2D eigenvalue weighted by Gasteiger charge is -2.11. The van der Waals surface area contributed by atoms with Crippen LogP contribution in [0.5, 0.6) is 5.75 Å². The number of carbonyl (C=O) groups is 1. The number of anilines is 1. The van der Waals surface area contributed by atoms with Gasteiger partial charge >= 0.3 is 0 Å². The van der Waals surface area contributed by atoms with Crippen LogP contribution in [0, 0.1) is 13.8 Å². The van der Waals surface area contributed by atoms with Gasteiger partial charge in [-0.15, -0.1) is 0 Å². The third-order valence-corrected chi connectivity index (χ3v) is 3.33. The zero-order valence-corrected chi connectivity index (χ0v) is 13.1. The summed E-state index contributed by atoms with van der Waals surface area (Å²) >= 11 is 0. The molecule has 22 heavy (non-hydrogen) atoms. The summed E-state index contributed by atoms with van der Waals surface area (Å²) in [6, 6.07) is 13.9. The average molecular weight is 298 g/mol. The maximum absolute atomic E-state index is 11.6. The van der Waals surface area contributed by atoms with Gasteiger partial charge in [-0.05, 0) is 43.2 Å². The van der Waals surface area contributed by atoms with Crippen LogP contribution in [-0.2, 0) is 11.4 Å². The van der Waals surface area contributed by atoms with Crippen molar-refractivity contribution in [3.8, 4) is 5.75 Å². The quantitative estimate of drug-likeness (QED) is 0.861. The Bertz CT molecular complexity index is 653. The molecule has 0 atom stereocenters. The van der Waals surface area contributed by atoms with E-state index >= 15 is 0 Å². The monoisotopic (exact) mass is 298 g/mol. The Morgan fingerprint density at radius 1 is 1.18 bits per heavy atom. The van der Waals surface area contributed by atoms with Crippen molar-refractivity contribution in [2.75, 3.05) is 11.9 Å². The molecule has 0 unspecified atom stereocenters.